The number of aryl methyl sites for hydroxylation is 2. The van der Waals surface area contributed by atoms with Gasteiger partial charge >= 0.3 is 0 Å². The minimum atomic E-state index is -4.07. The third-order valence-electron chi connectivity index (χ3n) is 3.68. The van der Waals surface area contributed by atoms with E-state index in [4.69, 9.17) is 0 Å². The van der Waals surface area contributed by atoms with Gasteiger partial charge in [0.2, 0.25) is 5.91 Å². The van der Waals surface area contributed by atoms with Crippen LogP contribution in [-0.2, 0) is 14.8 Å². The minimum Gasteiger partial charge on any atom is -0.294 e. The zero-order chi connectivity index (χ0) is 19.5. The second-order valence-corrected chi connectivity index (χ2v) is 7.50. The van der Waals surface area contributed by atoms with Crippen LogP contribution in [0.4, 0.5) is 8.78 Å². The highest BCUT2D eigenvalue weighted by atomic mass is 32.2. The Hall–Kier alpha value is -2.61. The smallest absolute Gasteiger partial charge is 0.264 e. The van der Waals surface area contributed by atoms with E-state index in [1.807, 2.05) is 11.6 Å². The van der Waals surface area contributed by atoms with Crippen LogP contribution in [0, 0.1) is 25.5 Å². The van der Waals surface area contributed by atoms with Crippen LogP contribution in [0.1, 0.15) is 34.3 Å². The molecule has 1 N–H and O–H groups in total. The molecule has 0 fully saturated rings. The molecule has 138 valence electrons. The summed E-state index contributed by atoms with van der Waals surface area (Å²) in [6.45, 7) is 3.41. The van der Waals surface area contributed by atoms with Crippen LogP contribution < -0.4 is 4.72 Å². The number of rotatable bonds is 6. The van der Waals surface area contributed by atoms with Gasteiger partial charge < -0.3 is 0 Å². The van der Waals surface area contributed by atoms with Crippen molar-refractivity contribution in [2.45, 2.75) is 31.6 Å². The topological polar surface area (TPSA) is 80.3 Å². The molecule has 0 saturated carbocycles. The van der Waals surface area contributed by atoms with Crippen molar-refractivity contribution in [3.63, 3.8) is 0 Å². The molecular formula is C18H17F2NO4S. The number of Topliss-reactive ketones (excluding diaryl/α,β-unsaturated/α-hetero) is 1. The van der Waals surface area contributed by atoms with Crippen molar-refractivity contribution in [3.8, 4) is 0 Å². The van der Waals surface area contributed by atoms with Gasteiger partial charge in [-0.05, 0) is 37.6 Å². The first-order valence-corrected chi connectivity index (χ1v) is 9.19. The van der Waals surface area contributed by atoms with Gasteiger partial charge in [0.15, 0.2) is 5.78 Å². The number of halogens is 2. The van der Waals surface area contributed by atoms with E-state index in [0.29, 0.717) is 11.6 Å². The zero-order valence-corrected chi connectivity index (χ0v) is 15.0. The lowest BCUT2D eigenvalue weighted by Crippen LogP contribution is -2.31. The Bertz CT molecular complexity index is 971. The quantitative estimate of drug-likeness (QED) is 0.780. The van der Waals surface area contributed by atoms with E-state index < -0.39 is 46.2 Å². The average Bonchev–Trinajstić information content (AvgIpc) is 2.51. The van der Waals surface area contributed by atoms with Gasteiger partial charge in [0, 0.05) is 18.9 Å². The molecular weight excluding hydrogens is 364 g/mol. The van der Waals surface area contributed by atoms with Crippen LogP contribution in [0.25, 0.3) is 0 Å². The number of hydrogen-bond donors (Lipinski definition) is 1. The van der Waals surface area contributed by atoms with Crippen LogP contribution >= 0.6 is 0 Å². The summed E-state index contributed by atoms with van der Waals surface area (Å²) >= 11 is 0. The predicted octanol–water partition coefficient (Wildman–Crippen LogP) is 3.05. The maximum absolute atomic E-state index is 13.5. The van der Waals surface area contributed by atoms with Crippen LogP contribution in [0.2, 0.25) is 0 Å². The number of nitrogens with one attached hydrogen (secondary N) is 1. The van der Waals surface area contributed by atoms with Gasteiger partial charge in [-0.15, -0.1) is 0 Å². The number of sulfonamides is 1. The van der Waals surface area contributed by atoms with E-state index >= 15 is 0 Å². The molecule has 0 radical (unpaired) electrons. The monoisotopic (exact) mass is 381 g/mol. The first kappa shape index (κ1) is 19.7. The van der Waals surface area contributed by atoms with Crippen LogP contribution in [0.5, 0.6) is 0 Å². The number of amides is 1. The maximum atomic E-state index is 13.5. The number of carbonyl (C=O) groups excluding carboxylic acids is 2. The van der Waals surface area contributed by atoms with Gasteiger partial charge in [0.05, 0.1) is 10.5 Å². The van der Waals surface area contributed by atoms with Crippen molar-refractivity contribution < 1.29 is 26.8 Å². The molecule has 0 aliphatic heterocycles. The summed E-state index contributed by atoms with van der Waals surface area (Å²) in [4.78, 5) is 23.8. The van der Waals surface area contributed by atoms with Crippen molar-refractivity contribution >= 4 is 21.7 Å². The molecule has 0 atom stereocenters. The van der Waals surface area contributed by atoms with Crippen molar-refractivity contribution in [2.24, 2.45) is 0 Å². The summed E-state index contributed by atoms with van der Waals surface area (Å²) in [6.07, 6.45) is -0.851. The largest absolute Gasteiger partial charge is 0.294 e. The number of carbonyl (C=O) groups is 2. The first-order valence-electron chi connectivity index (χ1n) is 7.71. The molecule has 5 nitrogen and oxygen atoms in total. The molecule has 0 saturated heterocycles. The molecule has 0 aromatic heterocycles. The third kappa shape index (κ3) is 4.72. The minimum absolute atomic E-state index is 0.0349. The van der Waals surface area contributed by atoms with Crippen LogP contribution in [0.15, 0.2) is 41.3 Å². The summed E-state index contributed by atoms with van der Waals surface area (Å²) in [5.74, 6) is -3.46. The molecule has 2 rings (SSSR count). The van der Waals surface area contributed by atoms with E-state index in [0.717, 1.165) is 17.7 Å². The van der Waals surface area contributed by atoms with Crippen molar-refractivity contribution in [1.82, 2.24) is 4.72 Å². The van der Waals surface area contributed by atoms with E-state index in [9.17, 15) is 26.8 Å². The molecule has 0 unspecified atom stereocenters. The van der Waals surface area contributed by atoms with Crippen LogP contribution in [0.3, 0.4) is 0 Å². The molecule has 0 spiro atoms. The molecule has 0 heterocycles. The maximum Gasteiger partial charge on any atom is 0.264 e. The molecule has 0 aliphatic rings. The zero-order valence-electron chi connectivity index (χ0n) is 14.2. The lowest BCUT2D eigenvalue weighted by molar-refractivity contribution is -0.119. The van der Waals surface area contributed by atoms with Gasteiger partial charge in [-0.1, -0.05) is 17.7 Å². The van der Waals surface area contributed by atoms with Gasteiger partial charge in [-0.25, -0.2) is 21.9 Å². The highest BCUT2D eigenvalue weighted by Gasteiger charge is 2.21. The molecule has 26 heavy (non-hydrogen) atoms. The Labute approximate surface area is 150 Å². The Kier molecular flexibility index (Phi) is 5.86. The lowest BCUT2D eigenvalue weighted by Gasteiger charge is -2.10. The van der Waals surface area contributed by atoms with Gasteiger partial charge in [-0.3, -0.25) is 9.59 Å². The standard InChI is InChI=1S/C18H17F2NO4S/c1-11-3-7-17(12(2)9-11)26(24,25)21-18(23)8-6-16(22)14-5-4-13(19)10-15(14)20/h3-5,7,9-10H,6,8H2,1-2H3,(H,21,23). The Morgan fingerprint density at radius 3 is 2.31 bits per heavy atom. The lowest BCUT2D eigenvalue weighted by atomic mass is 10.1. The molecule has 8 heteroatoms. The van der Waals surface area contributed by atoms with E-state index in [2.05, 4.69) is 0 Å². The number of ketones is 1. The summed E-state index contributed by atoms with van der Waals surface area (Å²) in [7, 11) is -4.07. The summed E-state index contributed by atoms with van der Waals surface area (Å²) in [5, 5.41) is 0. The fourth-order valence-electron chi connectivity index (χ4n) is 2.43. The van der Waals surface area contributed by atoms with E-state index in [1.54, 1.807) is 19.1 Å². The van der Waals surface area contributed by atoms with E-state index in [1.165, 1.54) is 6.07 Å². The van der Waals surface area contributed by atoms with Crippen molar-refractivity contribution in [3.05, 3.63) is 64.7 Å². The van der Waals surface area contributed by atoms with Gasteiger partial charge in [0.25, 0.3) is 10.0 Å². The van der Waals surface area contributed by atoms with Gasteiger partial charge in [0.1, 0.15) is 11.6 Å². The molecule has 0 bridgehead atoms. The number of hydrogen-bond acceptors (Lipinski definition) is 4. The van der Waals surface area contributed by atoms with Crippen LogP contribution in [-0.4, -0.2) is 20.1 Å². The SMILES string of the molecule is Cc1ccc(S(=O)(=O)NC(=O)CCC(=O)c2ccc(F)cc2F)c(C)c1. The average molecular weight is 381 g/mol. The first-order chi connectivity index (χ1) is 12.1. The Morgan fingerprint density at radius 1 is 1.00 bits per heavy atom. The van der Waals surface area contributed by atoms with Crippen molar-refractivity contribution in [1.29, 1.82) is 0 Å². The molecule has 2 aromatic carbocycles. The second kappa shape index (κ2) is 7.74. The highest BCUT2D eigenvalue weighted by Crippen LogP contribution is 2.17. The summed E-state index contributed by atoms with van der Waals surface area (Å²) in [6, 6.07) is 7.14. The predicted molar refractivity (Wildman–Crippen MR) is 91.2 cm³/mol. The molecule has 2 aromatic rings. The highest BCUT2D eigenvalue weighted by molar-refractivity contribution is 7.90. The van der Waals surface area contributed by atoms with Gasteiger partial charge in [-0.2, -0.15) is 0 Å². The normalized spacial score (nSPS) is 11.2. The van der Waals surface area contributed by atoms with E-state index in [-0.39, 0.29) is 10.5 Å². The van der Waals surface area contributed by atoms with Crippen molar-refractivity contribution in [2.75, 3.05) is 0 Å². The summed E-state index contributed by atoms with van der Waals surface area (Å²) in [5.41, 5.74) is 1.01. The molecule has 0 aliphatic carbocycles. The fourth-order valence-corrected chi connectivity index (χ4v) is 3.68. The second-order valence-electron chi connectivity index (χ2n) is 5.84. The molecule has 1 amide bonds. The Balaban J connectivity index is 2.03. The number of benzene rings is 2. The fraction of sp³-hybridized carbons (Fsp3) is 0.222. The summed E-state index contributed by atoms with van der Waals surface area (Å²) < 4.78 is 52.8. The Morgan fingerprint density at radius 2 is 1.69 bits per heavy atom. The third-order valence-corrected chi connectivity index (χ3v) is 5.21.